The average Bonchev–Trinajstić information content (AvgIpc) is 2.52. The van der Waals surface area contributed by atoms with Crippen LogP contribution in [0, 0.1) is 12.1 Å². The maximum absolute atomic E-state index is 9.48. The van der Waals surface area contributed by atoms with E-state index in [2.05, 4.69) is 109 Å². The molecule has 0 spiro atoms. The first-order valence-corrected chi connectivity index (χ1v) is 32.4. The van der Waals surface area contributed by atoms with Crippen LogP contribution in [0.4, 0.5) is 11.5 Å². The number of aromatic nitrogens is 5. The Hall–Kier alpha value is -7.79. The van der Waals surface area contributed by atoms with Crippen molar-refractivity contribution < 1.29 is 39.2 Å². The first-order valence-electron chi connectivity index (χ1n) is 32.4. The van der Waals surface area contributed by atoms with Crippen LogP contribution in [0.2, 0.25) is 0 Å². The van der Waals surface area contributed by atoms with Crippen LogP contribution >= 0.6 is 0 Å². The summed E-state index contributed by atoms with van der Waals surface area (Å²) in [4.78, 5) is 13.7. The fourth-order valence-corrected chi connectivity index (χ4v) is 11.2. The number of para-hydroxylation sites is 1. The van der Waals surface area contributed by atoms with Crippen molar-refractivity contribution in [3.8, 4) is 56.6 Å². The molecule has 0 aliphatic heterocycles. The van der Waals surface area contributed by atoms with E-state index >= 15 is 0 Å². The largest absolute Gasteiger partial charge is 3.00 e. The molecule has 0 saturated carbocycles. The molecule has 4 heterocycles. The molecule has 0 amide bonds. The minimum Gasteiger partial charge on any atom is -0.572 e. The fraction of sp³-hybridized carbons (Fsp3) is 0.333. The topological polar surface area (TPSA) is 144 Å². The van der Waals surface area contributed by atoms with Gasteiger partial charge in [-0.2, -0.15) is 0 Å². The summed E-state index contributed by atoms with van der Waals surface area (Å²) in [6, 6.07) is 62.0. The van der Waals surface area contributed by atoms with Crippen molar-refractivity contribution >= 4 is 33.7 Å². The second kappa shape index (κ2) is 36.0. The zero-order chi connectivity index (χ0) is 61.1. The van der Waals surface area contributed by atoms with E-state index in [0.717, 1.165) is 104 Å². The zero-order valence-electron chi connectivity index (χ0n) is 52.5. The number of anilines is 2. The summed E-state index contributed by atoms with van der Waals surface area (Å²) in [5.41, 5.74) is 19.3. The van der Waals surface area contributed by atoms with Crippen LogP contribution in [0.3, 0.4) is 0 Å². The predicted molar refractivity (Wildman–Crippen MR) is 361 cm³/mol. The molecule has 462 valence electrons. The van der Waals surface area contributed by atoms with E-state index in [0.29, 0.717) is 11.8 Å². The molecule has 3 N–H and O–H groups in total. The smallest absolute Gasteiger partial charge is 0.572 e. The van der Waals surface area contributed by atoms with Gasteiger partial charge >= 0.3 is 20.1 Å². The molecule has 0 unspecified atom stereocenters. The molecule has 0 saturated heterocycles. The van der Waals surface area contributed by atoms with Crippen LogP contribution in [0.1, 0.15) is 164 Å². The van der Waals surface area contributed by atoms with Gasteiger partial charge in [-0.1, -0.05) is 217 Å². The number of fused-ring (bicyclic) bond motifs is 2. The van der Waals surface area contributed by atoms with Gasteiger partial charge in [-0.05, 0) is 139 Å². The predicted octanol–water partition coefficient (Wildman–Crippen LogP) is 20.2. The Morgan fingerprint density at radius 2 is 0.899 bits per heavy atom. The third-order valence-electron chi connectivity index (χ3n) is 15.9. The van der Waals surface area contributed by atoms with Gasteiger partial charge in [0.1, 0.15) is 28.8 Å². The first kappa shape index (κ1) is 67.1. The second-order valence-electron chi connectivity index (χ2n) is 23.0. The number of oxazole rings is 2. The van der Waals surface area contributed by atoms with Crippen LogP contribution in [0.15, 0.2) is 179 Å². The Bertz CT molecular complexity index is 3600. The standard InChI is InChI=1S/2C32H38NO2.C14H11N4.Ir/c2*1-3-5-7-9-13-24-19-25(14-10-8-6-4-2)21-27(20-24)28-15-11-12-16-29(28)32-33-30-22-26(23-34)17-18-31(30)35-32;1-2-6-11(7-3-1)16-14-10-13(17-18-14)12-8-4-5-9-15-12;/h2*11-12,15,17-22,34H,3-10,13-14,23H2,1-2H3;1-10H,(H-,16,17,18);/q3*-1;+3. The molecule has 11 rings (SSSR count). The normalized spacial score (nSPS) is 11.0. The van der Waals surface area contributed by atoms with Crippen molar-refractivity contribution in [1.82, 2.24) is 25.1 Å². The van der Waals surface area contributed by atoms with Crippen LogP contribution in [-0.2, 0) is 59.0 Å². The molecule has 0 atom stereocenters. The molecular weight excluding hydrogens is 1280 g/mol. The van der Waals surface area contributed by atoms with E-state index in [1.165, 1.54) is 136 Å². The van der Waals surface area contributed by atoms with E-state index in [-0.39, 0.29) is 33.3 Å². The molecule has 11 heteroatoms. The monoisotopic (exact) mass is 1360 g/mol. The number of nitrogens with zero attached hydrogens (tertiary/aromatic N) is 5. The molecule has 0 aliphatic rings. The maximum atomic E-state index is 9.48. The second-order valence-corrected chi connectivity index (χ2v) is 23.0. The number of benzene rings is 7. The number of aliphatic hydroxyl groups excluding tert-OH is 2. The van der Waals surface area contributed by atoms with Crippen LogP contribution < -0.4 is 10.4 Å². The number of hydrogen-bond acceptors (Lipinski definition) is 9. The number of unbranched alkanes of at least 4 members (excludes halogenated alkanes) is 12. The van der Waals surface area contributed by atoms with Crippen LogP contribution in [0.25, 0.3) is 78.7 Å². The first-order chi connectivity index (χ1) is 43.3. The average molecular weight is 1360 g/mol. The molecule has 89 heavy (non-hydrogen) atoms. The molecule has 0 bridgehead atoms. The Balaban J connectivity index is 0.000000180. The SMILES string of the molecule is CCCCCCc1cc(CCCCCC)cc(-c2ccc[c-]c2-c2nc3cc(CO)ccc3o2)c1.CCCCCCc1cc(CCCCCC)cc(-c2ccc[c-]c2-c2nc3cc(CO)ccc3o2)c1.[Ir+3].c1ccc(Nc2cc(-c3ccccn3)[n-]n2)cc1. The third-order valence-corrected chi connectivity index (χ3v) is 15.9. The fourth-order valence-electron chi connectivity index (χ4n) is 11.2. The number of aliphatic hydroxyl groups is 2. The van der Waals surface area contributed by atoms with E-state index in [4.69, 9.17) is 18.8 Å². The van der Waals surface area contributed by atoms with E-state index in [1.807, 2.05) is 115 Å². The summed E-state index contributed by atoms with van der Waals surface area (Å²) in [7, 11) is 0. The number of aryl methyl sites for hydroxylation is 4. The minimum atomic E-state index is -0.00702. The molecule has 0 aliphatic carbocycles. The van der Waals surface area contributed by atoms with Gasteiger partial charge in [0.25, 0.3) is 0 Å². The van der Waals surface area contributed by atoms with Crippen molar-refractivity contribution in [3.63, 3.8) is 0 Å². The van der Waals surface area contributed by atoms with Gasteiger partial charge in [0.15, 0.2) is 0 Å². The van der Waals surface area contributed by atoms with E-state index < -0.39 is 0 Å². The Morgan fingerprint density at radius 3 is 1.31 bits per heavy atom. The van der Waals surface area contributed by atoms with Crippen molar-refractivity contribution in [2.75, 3.05) is 5.32 Å². The Kier molecular flexibility index (Phi) is 27.2. The zero-order valence-corrected chi connectivity index (χ0v) is 54.9. The summed E-state index contributed by atoms with van der Waals surface area (Å²) >= 11 is 0. The molecule has 0 fully saturated rings. The van der Waals surface area contributed by atoms with Gasteiger partial charge in [0, 0.05) is 17.6 Å². The van der Waals surface area contributed by atoms with Gasteiger partial charge in [-0.3, -0.25) is 15.0 Å². The van der Waals surface area contributed by atoms with Crippen molar-refractivity contribution in [3.05, 3.63) is 216 Å². The number of hydrogen-bond donors (Lipinski definition) is 3. The summed E-state index contributed by atoms with van der Waals surface area (Å²) in [6.45, 7) is 9.04. The molecule has 11 aromatic rings. The van der Waals surface area contributed by atoms with Crippen molar-refractivity contribution in [2.24, 2.45) is 0 Å². The minimum absolute atomic E-state index is 0. The Morgan fingerprint density at radius 1 is 0.449 bits per heavy atom. The summed E-state index contributed by atoms with van der Waals surface area (Å²) < 4.78 is 12.3. The van der Waals surface area contributed by atoms with Gasteiger partial charge in [0.2, 0.25) is 0 Å². The molecular formula is C78H87IrN6O4. The quantitative estimate of drug-likeness (QED) is 0.0306. The number of pyridine rings is 1. The number of rotatable bonds is 29. The summed E-state index contributed by atoms with van der Waals surface area (Å²) in [5.74, 6) is 1.87. The summed E-state index contributed by atoms with van der Waals surface area (Å²) in [6.07, 6.45) is 26.6. The molecule has 10 nitrogen and oxygen atoms in total. The maximum Gasteiger partial charge on any atom is 3.00 e. The van der Waals surface area contributed by atoms with Crippen molar-refractivity contribution in [1.29, 1.82) is 0 Å². The molecule has 4 aromatic heterocycles. The van der Waals surface area contributed by atoms with Gasteiger partial charge in [-0.25, -0.2) is 0 Å². The van der Waals surface area contributed by atoms with Crippen molar-refractivity contribution in [2.45, 2.75) is 169 Å². The van der Waals surface area contributed by atoms with E-state index in [1.54, 1.807) is 6.20 Å². The molecule has 0 radical (unpaired) electrons. The van der Waals surface area contributed by atoms with Crippen LogP contribution in [0.5, 0.6) is 0 Å². The molecule has 7 aromatic carbocycles. The van der Waals surface area contributed by atoms with Gasteiger partial charge in [0.05, 0.1) is 24.2 Å². The van der Waals surface area contributed by atoms with Gasteiger partial charge in [-0.15, -0.1) is 48.5 Å². The summed E-state index contributed by atoms with van der Waals surface area (Å²) in [5, 5.41) is 30.4. The van der Waals surface area contributed by atoms with E-state index in [9.17, 15) is 10.2 Å². The number of nitrogens with one attached hydrogen (secondary N) is 1. The third kappa shape index (κ3) is 19.9. The van der Waals surface area contributed by atoms with Crippen LogP contribution in [-0.4, -0.2) is 30.3 Å². The Labute approximate surface area is 541 Å². The van der Waals surface area contributed by atoms with Gasteiger partial charge < -0.3 is 34.6 Å².